The predicted octanol–water partition coefficient (Wildman–Crippen LogP) is 4.85. The molecule has 1 amide bonds. The van der Waals surface area contributed by atoms with Crippen LogP contribution in [0, 0.1) is 0 Å². The molecular weight excluding hydrogens is 314 g/mol. The second-order valence-electron chi connectivity index (χ2n) is 6.24. The van der Waals surface area contributed by atoms with Crippen LogP contribution in [0.25, 0.3) is 10.8 Å². The first kappa shape index (κ1) is 21.0. The van der Waals surface area contributed by atoms with Gasteiger partial charge in [-0.25, -0.2) is 4.79 Å². The van der Waals surface area contributed by atoms with Crippen LogP contribution in [0.1, 0.15) is 40.0 Å². The van der Waals surface area contributed by atoms with Crippen molar-refractivity contribution in [3.05, 3.63) is 48.5 Å². The van der Waals surface area contributed by atoms with Crippen molar-refractivity contribution in [3.63, 3.8) is 0 Å². The molecule has 0 radical (unpaired) electrons. The van der Waals surface area contributed by atoms with Gasteiger partial charge in [0.25, 0.3) is 0 Å². The van der Waals surface area contributed by atoms with E-state index in [9.17, 15) is 4.79 Å². The van der Waals surface area contributed by atoms with E-state index in [0.29, 0.717) is 0 Å². The third-order valence-electron chi connectivity index (χ3n) is 4.06. The van der Waals surface area contributed by atoms with Crippen molar-refractivity contribution >= 4 is 16.9 Å². The Morgan fingerprint density at radius 2 is 1.56 bits per heavy atom. The Morgan fingerprint density at radius 1 is 1.08 bits per heavy atom. The molecule has 1 aliphatic heterocycles. The molecule has 1 atom stereocenters. The molecule has 2 aromatic carbocycles. The van der Waals surface area contributed by atoms with Crippen LogP contribution in [0.2, 0.25) is 0 Å². The zero-order valence-electron chi connectivity index (χ0n) is 15.8. The molecule has 0 aliphatic carbocycles. The third-order valence-corrected chi connectivity index (χ3v) is 4.06. The van der Waals surface area contributed by atoms with Crippen LogP contribution in [0.3, 0.4) is 0 Å². The molecule has 2 aromatic rings. The van der Waals surface area contributed by atoms with Crippen LogP contribution in [-0.4, -0.2) is 41.9 Å². The number of fused-ring (bicyclic) bond motifs is 1. The van der Waals surface area contributed by atoms with E-state index in [1.165, 1.54) is 10.8 Å². The van der Waals surface area contributed by atoms with E-state index in [1.54, 1.807) is 4.90 Å². The molecular formula is C21H31NO3. The van der Waals surface area contributed by atoms with Crippen molar-refractivity contribution in [2.45, 2.75) is 52.2 Å². The number of hydrogen-bond acceptors (Lipinski definition) is 3. The number of aliphatic hydroxyl groups excluding tert-OH is 1. The van der Waals surface area contributed by atoms with Gasteiger partial charge in [-0.1, -0.05) is 61.9 Å². The fourth-order valence-corrected chi connectivity index (χ4v) is 2.68. The summed E-state index contributed by atoms with van der Waals surface area (Å²) in [4.78, 5) is 13.1. The zero-order valence-corrected chi connectivity index (χ0v) is 15.8. The van der Waals surface area contributed by atoms with Crippen molar-refractivity contribution in [3.8, 4) is 0 Å². The Morgan fingerprint density at radius 3 is 1.92 bits per heavy atom. The molecule has 0 saturated carbocycles. The predicted molar refractivity (Wildman–Crippen MR) is 104 cm³/mol. The first-order valence-electron chi connectivity index (χ1n) is 8.97. The van der Waals surface area contributed by atoms with E-state index in [-0.39, 0.29) is 18.2 Å². The molecule has 0 bridgehead atoms. The van der Waals surface area contributed by atoms with E-state index in [0.717, 1.165) is 32.9 Å². The molecule has 4 heteroatoms. The van der Waals surface area contributed by atoms with E-state index >= 15 is 0 Å². The van der Waals surface area contributed by atoms with Gasteiger partial charge in [0.1, 0.15) is 6.10 Å². The average molecular weight is 345 g/mol. The molecule has 138 valence electrons. The summed E-state index contributed by atoms with van der Waals surface area (Å²) in [6, 6.07) is 17.0. The Hall–Kier alpha value is -2.07. The third kappa shape index (κ3) is 6.75. The highest BCUT2D eigenvalue weighted by atomic mass is 16.6. The Bertz CT molecular complexity index is 562. The summed E-state index contributed by atoms with van der Waals surface area (Å²) >= 11 is 0. The summed E-state index contributed by atoms with van der Waals surface area (Å²) in [6.07, 6.45) is 3.30. The minimum Gasteiger partial charge on any atom is -0.444 e. The van der Waals surface area contributed by atoms with Crippen LogP contribution >= 0.6 is 0 Å². The van der Waals surface area contributed by atoms with Crippen molar-refractivity contribution in [2.24, 2.45) is 0 Å². The SMILES string of the molecule is CCCCC1CN(C(C)C)C(=O)O1.CO.c1ccc2ccccc2c1. The molecule has 1 fully saturated rings. The summed E-state index contributed by atoms with van der Waals surface area (Å²) in [5.41, 5.74) is 0. The van der Waals surface area contributed by atoms with Crippen LogP contribution < -0.4 is 0 Å². The van der Waals surface area contributed by atoms with Crippen molar-refractivity contribution in [2.75, 3.05) is 13.7 Å². The van der Waals surface area contributed by atoms with E-state index in [2.05, 4.69) is 55.5 Å². The lowest BCUT2D eigenvalue weighted by molar-refractivity contribution is 0.125. The monoisotopic (exact) mass is 345 g/mol. The van der Waals surface area contributed by atoms with E-state index in [4.69, 9.17) is 9.84 Å². The first-order valence-corrected chi connectivity index (χ1v) is 8.97. The summed E-state index contributed by atoms with van der Waals surface area (Å²) in [5, 5.41) is 9.62. The highest BCUT2D eigenvalue weighted by Crippen LogP contribution is 2.18. The zero-order chi connectivity index (χ0) is 18.7. The second-order valence-corrected chi connectivity index (χ2v) is 6.24. The smallest absolute Gasteiger partial charge is 0.410 e. The number of cyclic esters (lactones) is 1. The Balaban J connectivity index is 0.000000233. The van der Waals surface area contributed by atoms with Crippen molar-refractivity contribution in [1.29, 1.82) is 0 Å². The van der Waals surface area contributed by atoms with Gasteiger partial charge in [0.15, 0.2) is 0 Å². The number of carbonyl (C=O) groups excluding carboxylic acids is 1. The maximum absolute atomic E-state index is 11.3. The molecule has 1 heterocycles. The van der Waals surface area contributed by atoms with Crippen LogP contribution in [0.4, 0.5) is 4.79 Å². The van der Waals surface area contributed by atoms with Gasteiger partial charge in [0.2, 0.25) is 0 Å². The van der Waals surface area contributed by atoms with Gasteiger partial charge < -0.3 is 14.7 Å². The highest BCUT2D eigenvalue weighted by Gasteiger charge is 2.31. The van der Waals surface area contributed by atoms with Crippen molar-refractivity contribution in [1.82, 2.24) is 4.90 Å². The van der Waals surface area contributed by atoms with Gasteiger partial charge in [0.05, 0.1) is 6.54 Å². The largest absolute Gasteiger partial charge is 0.444 e. The lowest BCUT2D eigenvalue weighted by atomic mass is 10.1. The lowest BCUT2D eigenvalue weighted by Crippen LogP contribution is -2.31. The number of rotatable bonds is 4. The Labute approximate surface area is 151 Å². The molecule has 1 N–H and O–H groups in total. The maximum atomic E-state index is 11.3. The molecule has 1 unspecified atom stereocenters. The van der Waals surface area contributed by atoms with Gasteiger partial charge in [0, 0.05) is 13.2 Å². The van der Waals surface area contributed by atoms with E-state index in [1.807, 2.05) is 13.8 Å². The second kappa shape index (κ2) is 11.5. The normalized spacial score (nSPS) is 16.0. The quantitative estimate of drug-likeness (QED) is 0.861. The highest BCUT2D eigenvalue weighted by molar-refractivity contribution is 5.82. The topological polar surface area (TPSA) is 49.8 Å². The fourth-order valence-electron chi connectivity index (χ4n) is 2.68. The number of aliphatic hydroxyl groups is 1. The number of ether oxygens (including phenoxy) is 1. The van der Waals surface area contributed by atoms with E-state index < -0.39 is 0 Å². The summed E-state index contributed by atoms with van der Waals surface area (Å²) < 4.78 is 5.22. The van der Waals surface area contributed by atoms with Gasteiger partial charge in [-0.05, 0) is 37.5 Å². The summed E-state index contributed by atoms with van der Waals surface area (Å²) in [5.74, 6) is 0. The number of unbranched alkanes of at least 4 members (excludes halogenated alkanes) is 1. The molecule has 0 spiro atoms. The molecule has 3 rings (SSSR count). The molecule has 1 saturated heterocycles. The number of benzene rings is 2. The van der Waals surface area contributed by atoms with Gasteiger partial charge >= 0.3 is 6.09 Å². The molecule has 25 heavy (non-hydrogen) atoms. The van der Waals surface area contributed by atoms with Gasteiger partial charge in [-0.2, -0.15) is 0 Å². The van der Waals surface area contributed by atoms with Gasteiger partial charge in [-0.3, -0.25) is 0 Å². The van der Waals surface area contributed by atoms with Crippen LogP contribution in [0.15, 0.2) is 48.5 Å². The van der Waals surface area contributed by atoms with Crippen LogP contribution in [0.5, 0.6) is 0 Å². The standard InChI is InChI=1S/C10H19NO2.C10H8.CH4O/c1-4-5-6-9-7-11(8(2)3)10(12)13-9;1-2-6-10-8-4-3-7-9(10)5-1;1-2/h8-9H,4-7H2,1-3H3;1-8H;2H,1H3. The number of amides is 1. The number of carbonyl (C=O) groups is 1. The fraction of sp³-hybridized carbons (Fsp3) is 0.476. The molecule has 4 nitrogen and oxygen atoms in total. The Kier molecular flexibility index (Phi) is 9.63. The van der Waals surface area contributed by atoms with Crippen molar-refractivity contribution < 1.29 is 14.6 Å². The summed E-state index contributed by atoms with van der Waals surface area (Å²) in [7, 11) is 1.00. The minimum atomic E-state index is -0.142. The minimum absolute atomic E-state index is 0.134. The summed E-state index contributed by atoms with van der Waals surface area (Å²) in [6.45, 7) is 6.96. The first-order chi connectivity index (χ1) is 12.1. The molecule has 0 aromatic heterocycles. The lowest BCUT2D eigenvalue weighted by Gasteiger charge is -2.16. The number of nitrogens with zero attached hydrogens (tertiary/aromatic N) is 1. The van der Waals surface area contributed by atoms with Crippen LogP contribution in [-0.2, 0) is 4.74 Å². The molecule has 1 aliphatic rings. The maximum Gasteiger partial charge on any atom is 0.410 e. The number of hydrogen-bond donors (Lipinski definition) is 1. The average Bonchev–Trinajstić information content (AvgIpc) is 3.03. The van der Waals surface area contributed by atoms with Gasteiger partial charge in [-0.15, -0.1) is 0 Å².